The molecule has 3 aromatic carbocycles. The highest BCUT2D eigenvalue weighted by molar-refractivity contribution is 5.98. The number of carbonyl (C=O) groups excluding carboxylic acids is 2. The minimum atomic E-state index is -0.506. The first-order valence-electron chi connectivity index (χ1n) is 48.7. The van der Waals surface area contributed by atoms with E-state index in [1.807, 2.05) is 42.7 Å². The largest absolute Gasteiger partial charge is 0.399 e. The molecule has 2 amide bonds. The molecule has 5 fully saturated rings. The SMILES string of the molecule is C=C(N)c1cnc(N[C@@H]2CCc3ccccc3C2)nc1N[C@@H]1CCC[C@H](O)C1.C=C(N)c1cnc(N[C@H]2CCc3ccccc3C2)nc1N[C@@H]1CCC[C@H](O)C1.C[C@H]1CCC[C@@H](Nc2nc(N[C@@H]3CCc4cccnc4C3)ncc2C(N)=O)C1.C[C@H]1CCC[C@@H](Nc2nc(N[C@H]3CCc4cccnc4C3)ncc2C(N)=O)C1.N#Cc1cnc(NC2CCCCC2)nc1Cc1ccccc1. The van der Waals surface area contributed by atoms with E-state index in [4.69, 9.17) is 32.9 Å². The van der Waals surface area contributed by atoms with Crippen molar-refractivity contribution in [2.24, 2.45) is 34.8 Å². The molecule has 0 saturated heterocycles. The van der Waals surface area contributed by atoms with E-state index in [9.17, 15) is 25.1 Å². The number of aromatic nitrogens is 12. The van der Waals surface area contributed by atoms with Crippen LogP contribution in [0.5, 0.6) is 0 Å². The second-order valence-corrected chi connectivity index (χ2v) is 38.1. The molecule has 0 unspecified atom stereocenters. The van der Waals surface area contributed by atoms with Crippen LogP contribution in [0, 0.1) is 23.2 Å². The van der Waals surface area contributed by atoms with E-state index in [-0.39, 0.29) is 36.4 Å². The van der Waals surface area contributed by atoms with Crippen molar-refractivity contribution in [2.45, 2.75) is 299 Å². The van der Waals surface area contributed by atoms with Crippen molar-refractivity contribution in [3.8, 4) is 6.07 Å². The molecule has 0 bridgehead atoms. The lowest BCUT2D eigenvalue weighted by Gasteiger charge is -2.29. The fourth-order valence-corrected chi connectivity index (χ4v) is 20.2. The average molecular weight is 1810 g/mol. The minimum absolute atomic E-state index is 0.186. The first kappa shape index (κ1) is 95.6. The number of amides is 2. The number of nitrogens with two attached hydrogens (primary N) is 4. The number of aliphatic hydroxyl groups is 2. The van der Waals surface area contributed by atoms with Gasteiger partial charge in [0.25, 0.3) is 11.8 Å². The van der Waals surface area contributed by atoms with Crippen LogP contribution in [0.1, 0.15) is 268 Å². The van der Waals surface area contributed by atoms with Gasteiger partial charge in [-0.1, -0.05) is 163 Å². The zero-order valence-corrected chi connectivity index (χ0v) is 77.7. The van der Waals surface area contributed by atoms with Gasteiger partial charge in [-0.15, -0.1) is 0 Å². The van der Waals surface area contributed by atoms with Crippen LogP contribution in [0.3, 0.4) is 0 Å². The molecule has 704 valence electrons. The fourth-order valence-electron chi connectivity index (χ4n) is 20.2. The van der Waals surface area contributed by atoms with Gasteiger partial charge in [0.15, 0.2) is 0 Å². The number of anilines is 9. The molecule has 30 nitrogen and oxygen atoms in total. The summed E-state index contributed by atoms with van der Waals surface area (Å²) in [6, 6.07) is 40.3. The molecule has 30 heteroatoms. The van der Waals surface area contributed by atoms with Gasteiger partial charge in [-0.05, 0) is 217 Å². The molecule has 7 aromatic heterocycles. The maximum atomic E-state index is 11.8. The Kier molecular flexibility index (Phi) is 33.6. The van der Waals surface area contributed by atoms with Crippen molar-refractivity contribution >= 4 is 76.2 Å². The maximum absolute atomic E-state index is 11.8. The number of nitrogens with one attached hydrogen (secondary N) is 9. The van der Waals surface area contributed by atoms with E-state index in [1.54, 1.807) is 18.6 Å². The Morgan fingerprint density at radius 3 is 1.10 bits per heavy atom. The predicted octanol–water partition coefficient (Wildman–Crippen LogP) is 15.7. The lowest BCUT2D eigenvalue weighted by molar-refractivity contribution is 0.0991. The normalized spacial score (nSPS) is 22.8. The lowest BCUT2D eigenvalue weighted by atomic mass is 9.87. The Balaban J connectivity index is 0.000000128. The number of aliphatic hydroxyl groups excluding tert-OH is 2. The van der Waals surface area contributed by atoms with Crippen LogP contribution < -0.4 is 70.8 Å². The molecule has 19 rings (SSSR count). The molecule has 10 aromatic rings. The number of primary amides is 2. The standard InChI is InChI=1S/2C22H29N5O.2C21H28N6O.C18H20N4/c2*1-14(23)20-13-24-22(27-21(20)25-17-7-4-8-19(28)12-17)26-18-10-9-15-5-2-3-6-16(15)11-18;2*1-13-4-2-6-15(10-13)25-20-17(19(22)28)12-24-21(27-20)26-16-8-7-14-5-3-9-23-18(14)11-16;19-12-15-13-20-18(21-16-9-5-2-6-10-16)22-17(15)11-14-7-3-1-4-8-14/h2*2-3,5-6,13,17-19,28H,1,4,7-12,23H2,(H2,24,25,26,27);2*3,5,9,12-13,15-16H,2,4,6-8,10-11H2,1H3,(H2,22,28)(H2,24,25,26,27);1,3-4,7-8,13,16H,2,5-6,9-11H2,(H,20,21,22)/t17-,18+,19+;17-,18-,19+;13-,15+,16+;13-,15+,16-;/m1100./s1. The van der Waals surface area contributed by atoms with Gasteiger partial charge >= 0.3 is 0 Å². The quantitative estimate of drug-likeness (QED) is 0.0267. The van der Waals surface area contributed by atoms with Crippen molar-refractivity contribution in [3.63, 3.8) is 0 Å². The highest BCUT2D eigenvalue weighted by atomic mass is 16.3. The number of carbonyl (C=O) groups is 2. The smallest absolute Gasteiger partial charge is 0.254 e. The summed E-state index contributed by atoms with van der Waals surface area (Å²) in [6.07, 6.45) is 46.5. The van der Waals surface area contributed by atoms with Gasteiger partial charge in [-0.3, -0.25) is 19.6 Å². The molecule has 9 aliphatic carbocycles. The lowest BCUT2D eigenvalue weighted by Crippen LogP contribution is -2.31. The van der Waals surface area contributed by atoms with E-state index >= 15 is 0 Å². The van der Waals surface area contributed by atoms with Crippen molar-refractivity contribution in [1.29, 1.82) is 5.26 Å². The Morgan fingerprint density at radius 1 is 0.358 bits per heavy atom. The summed E-state index contributed by atoms with van der Waals surface area (Å²) < 4.78 is 0. The van der Waals surface area contributed by atoms with Crippen molar-refractivity contribution < 1.29 is 19.8 Å². The zero-order chi connectivity index (χ0) is 93.2. The van der Waals surface area contributed by atoms with Gasteiger partial charge in [0.1, 0.15) is 29.3 Å². The number of hydrogen-bond acceptors (Lipinski definition) is 28. The highest BCUT2D eigenvalue weighted by Crippen LogP contribution is 2.35. The second-order valence-electron chi connectivity index (χ2n) is 38.1. The summed E-state index contributed by atoms with van der Waals surface area (Å²) >= 11 is 0. The molecule has 9 aliphatic rings. The molecule has 19 N–H and O–H groups in total. The van der Waals surface area contributed by atoms with Gasteiger partial charge < -0.3 is 81.0 Å². The van der Waals surface area contributed by atoms with E-state index < -0.39 is 11.8 Å². The number of hydrogen-bond donors (Lipinski definition) is 15. The van der Waals surface area contributed by atoms with Crippen LogP contribution in [-0.4, -0.2) is 148 Å². The van der Waals surface area contributed by atoms with Crippen molar-refractivity contribution in [1.82, 2.24) is 59.8 Å². The van der Waals surface area contributed by atoms with Gasteiger partial charge in [-0.2, -0.15) is 25.2 Å². The molecule has 0 radical (unpaired) electrons. The number of rotatable bonds is 24. The fraction of sp³-hybridized carbons (Fsp3) is 0.471. The van der Waals surface area contributed by atoms with Crippen LogP contribution in [0.25, 0.3) is 11.4 Å². The molecular formula is C104H134N26O4. The molecule has 0 spiro atoms. The Hall–Kier alpha value is -13.0. The summed E-state index contributed by atoms with van der Waals surface area (Å²) in [7, 11) is 0. The van der Waals surface area contributed by atoms with E-state index in [1.165, 1.54) is 104 Å². The second kappa shape index (κ2) is 47.1. The van der Waals surface area contributed by atoms with E-state index in [0.29, 0.717) is 130 Å². The van der Waals surface area contributed by atoms with Crippen LogP contribution >= 0.6 is 0 Å². The van der Waals surface area contributed by atoms with Crippen LogP contribution in [0.2, 0.25) is 0 Å². The number of nitriles is 1. The van der Waals surface area contributed by atoms with Gasteiger partial charge in [0, 0.05) is 134 Å². The van der Waals surface area contributed by atoms with E-state index in [2.05, 4.69) is 204 Å². The maximum Gasteiger partial charge on any atom is 0.254 e. The Bertz CT molecular complexity index is 5090. The minimum Gasteiger partial charge on any atom is -0.399 e. The van der Waals surface area contributed by atoms with Crippen molar-refractivity contribution in [3.05, 3.63) is 244 Å². The molecule has 7 heterocycles. The molecule has 12 atom stereocenters. The van der Waals surface area contributed by atoms with E-state index in [0.717, 1.165) is 188 Å². The van der Waals surface area contributed by atoms with Crippen LogP contribution in [0.15, 0.2) is 160 Å². The number of pyridine rings is 2. The van der Waals surface area contributed by atoms with Crippen molar-refractivity contribution in [2.75, 3.05) is 47.9 Å². The van der Waals surface area contributed by atoms with Gasteiger partial charge in [-0.25, -0.2) is 29.9 Å². The van der Waals surface area contributed by atoms with Crippen LogP contribution in [-0.2, 0) is 57.8 Å². The van der Waals surface area contributed by atoms with Crippen LogP contribution in [0.4, 0.5) is 53.0 Å². The third kappa shape index (κ3) is 27.4. The highest BCUT2D eigenvalue weighted by Gasteiger charge is 2.31. The molecule has 0 aliphatic heterocycles. The summed E-state index contributed by atoms with van der Waals surface area (Å²) in [6.45, 7) is 12.2. The summed E-state index contributed by atoms with van der Waals surface area (Å²) in [5.74, 6) is 5.73. The summed E-state index contributed by atoms with van der Waals surface area (Å²) in [4.78, 5) is 77.8. The first-order chi connectivity index (χ1) is 65.2. The average Bonchev–Trinajstić information content (AvgIpc) is 0.829. The number of aryl methyl sites for hydroxylation is 4. The third-order valence-corrected chi connectivity index (χ3v) is 27.4. The molecule has 5 saturated carbocycles. The topological polar surface area (TPSA) is 465 Å². The zero-order valence-electron chi connectivity index (χ0n) is 77.7. The molecular weight excluding hydrogens is 1680 g/mol. The first-order valence-corrected chi connectivity index (χ1v) is 48.7. The summed E-state index contributed by atoms with van der Waals surface area (Å²) in [5.41, 5.74) is 39.1. The monoisotopic (exact) mass is 1810 g/mol. The number of fused-ring (bicyclic) bond motifs is 4. The third-order valence-electron chi connectivity index (χ3n) is 27.4. The number of nitrogens with zero attached hydrogens (tertiary/aromatic N) is 13. The number of benzene rings is 3. The Labute approximate surface area is 787 Å². The molecule has 134 heavy (non-hydrogen) atoms. The van der Waals surface area contributed by atoms with Gasteiger partial charge in [0.2, 0.25) is 29.7 Å². The Morgan fingerprint density at radius 2 is 0.701 bits per heavy atom. The predicted molar refractivity (Wildman–Crippen MR) is 531 cm³/mol. The van der Waals surface area contributed by atoms with Gasteiger partial charge in [0.05, 0.1) is 51.9 Å². The summed E-state index contributed by atoms with van der Waals surface area (Å²) in [5, 5.41) is 60.3.